The molecule has 0 saturated carbocycles. The Bertz CT molecular complexity index is 305. The maximum absolute atomic E-state index is 11.8. The SMILES string of the molecule is COCCS(=O)(=O)N1CC2CNCC2C1. The van der Waals surface area contributed by atoms with Crippen LogP contribution in [0.25, 0.3) is 0 Å². The number of nitrogens with zero attached hydrogens (tertiary/aromatic N) is 1. The molecule has 2 saturated heterocycles. The van der Waals surface area contributed by atoms with Crippen LogP contribution in [0.3, 0.4) is 0 Å². The van der Waals surface area contributed by atoms with Crippen molar-refractivity contribution in [1.29, 1.82) is 0 Å². The Hall–Kier alpha value is -0.170. The monoisotopic (exact) mass is 234 g/mol. The van der Waals surface area contributed by atoms with Crippen LogP contribution < -0.4 is 5.32 Å². The van der Waals surface area contributed by atoms with Crippen molar-refractivity contribution in [2.75, 3.05) is 45.6 Å². The van der Waals surface area contributed by atoms with Crippen LogP contribution in [-0.4, -0.2) is 58.4 Å². The average molecular weight is 234 g/mol. The van der Waals surface area contributed by atoms with Gasteiger partial charge in [0.05, 0.1) is 12.4 Å². The molecule has 2 unspecified atom stereocenters. The zero-order valence-corrected chi connectivity index (χ0v) is 9.79. The predicted octanol–water partition coefficient (Wildman–Crippen LogP) is -0.886. The molecule has 0 aromatic rings. The van der Waals surface area contributed by atoms with Gasteiger partial charge in [0.15, 0.2) is 0 Å². The van der Waals surface area contributed by atoms with Gasteiger partial charge in [0.2, 0.25) is 10.0 Å². The molecule has 5 nitrogen and oxygen atoms in total. The van der Waals surface area contributed by atoms with E-state index < -0.39 is 10.0 Å². The third kappa shape index (κ3) is 2.33. The van der Waals surface area contributed by atoms with Crippen LogP contribution in [0.4, 0.5) is 0 Å². The zero-order chi connectivity index (χ0) is 10.9. The Morgan fingerprint density at radius 1 is 1.33 bits per heavy atom. The lowest BCUT2D eigenvalue weighted by molar-refractivity contribution is 0.215. The third-order valence-electron chi connectivity index (χ3n) is 3.29. The Balaban J connectivity index is 1.95. The first-order valence-electron chi connectivity index (χ1n) is 5.31. The van der Waals surface area contributed by atoms with Crippen LogP contribution in [-0.2, 0) is 14.8 Å². The summed E-state index contributed by atoms with van der Waals surface area (Å²) >= 11 is 0. The number of hydrogen-bond acceptors (Lipinski definition) is 4. The van der Waals surface area contributed by atoms with E-state index in [9.17, 15) is 8.42 Å². The number of fused-ring (bicyclic) bond motifs is 1. The van der Waals surface area contributed by atoms with Crippen molar-refractivity contribution < 1.29 is 13.2 Å². The molecule has 0 aromatic heterocycles. The fourth-order valence-corrected chi connectivity index (χ4v) is 3.83. The molecule has 2 rings (SSSR count). The summed E-state index contributed by atoms with van der Waals surface area (Å²) in [5.74, 6) is 1.14. The fourth-order valence-electron chi connectivity index (χ4n) is 2.36. The van der Waals surface area contributed by atoms with Crippen LogP contribution >= 0.6 is 0 Å². The van der Waals surface area contributed by atoms with Gasteiger partial charge in [-0.1, -0.05) is 0 Å². The molecule has 2 aliphatic rings. The minimum absolute atomic E-state index is 0.108. The van der Waals surface area contributed by atoms with Crippen molar-refractivity contribution in [2.24, 2.45) is 11.8 Å². The van der Waals surface area contributed by atoms with Crippen LogP contribution in [0.15, 0.2) is 0 Å². The van der Waals surface area contributed by atoms with Gasteiger partial charge >= 0.3 is 0 Å². The van der Waals surface area contributed by atoms with Gasteiger partial charge in [-0.3, -0.25) is 0 Å². The molecule has 0 amide bonds. The molecule has 2 aliphatic heterocycles. The van der Waals surface area contributed by atoms with E-state index in [0.29, 0.717) is 24.9 Å². The number of ether oxygens (including phenoxy) is 1. The molecule has 2 fully saturated rings. The first-order valence-corrected chi connectivity index (χ1v) is 6.92. The smallest absolute Gasteiger partial charge is 0.216 e. The van der Waals surface area contributed by atoms with Crippen LogP contribution in [0.2, 0.25) is 0 Å². The summed E-state index contributed by atoms with van der Waals surface area (Å²) in [5, 5.41) is 3.29. The second-order valence-electron chi connectivity index (χ2n) is 4.30. The maximum atomic E-state index is 11.8. The Morgan fingerprint density at radius 2 is 1.93 bits per heavy atom. The van der Waals surface area contributed by atoms with Crippen LogP contribution in [0, 0.1) is 11.8 Å². The molecule has 2 atom stereocenters. The standard InChI is InChI=1S/C9H18N2O3S/c1-14-2-3-15(12,13)11-6-8-4-10-5-9(8)7-11/h8-10H,2-7H2,1H3. The molecule has 0 radical (unpaired) electrons. The van der Waals surface area contributed by atoms with Crippen molar-refractivity contribution >= 4 is 10.0 Å². The summed E-state index contributed by atoms with van der Waals surface area (Å²) in [4.78, 5) is 0. The van der Waals surface area contributed by atoms with Crippen molar-refractivity contribution in [3.63, 3.8) is 0 Å². The van der Waals surface area contributed by atoms with Gasteiger partial charge in [0.25, 0.3) is 0 Å². The fraction of sp³-hybridized carbons (Fsp3) is 1.00. The number of nitrogens with one attached hydrogen (secondary N) is 1. The molecule has 6 heteroatoms. The highest BCUT2D eigenvalue weighted by Crippen LogP contribution is 2.28. The highest BCUT2D eigenvalue weighted by Gasteiger charge is 2.40. The van der Waals surface area contributed by atoms with E-state index in [1.165, 1.54) is 7.11 Å². The summed E-state index contributed by atoms with van der Waals surface area (Å²) in [6.45, 7) is 3.57. The third-order valence-corrected chi connectivity index (χ3v) is 5.06. The second kappa shape index (κ2) is 4.37. The molecule has 1 N–H and O–H groups in total. The number of rotatable bonds is 4. The Kier molecular flexibility index (Phi) is 3.30. The summed E-state index contributed by atoms with van der Waals surface area (Å²) in [5.41, 5.74) is 0. The summed E-state index contributed by atoms with van der Waals surface area (Å²) in [7, 11) is -1.56. The molecular formula is C9H18N2O3S. The van der Waals surface area contributed by atoms with Gasteiger partial charge < -0.3 is 10.1 Å². The summed E-state index contributed by atoms with van der Waals surface area (Å²) < 4.78 is 30.1. The second-order valence-corrected chi connectivity index (χ2v) is 6.39. The van der Waals surface area contributed by atoms with Crippen molar-refractivity contribution in [2.45, 2.75) is 0 Å². The first kappa shape index (κ1) is 11.3. The largest absolute Gasteiger partial charge is 0.384 e. The predicted molar refractivity (Wildman–Crippen MR) is 57.1 cm³/mol. The van der Waals surface area contributed by atoms with E-state index in [4.69, 9.17) is 4.74 Å². The molecule has 15 heavy (non-hydrogen) atoms. The lowest BCUT2D eigenvalue weighted by atomic mass is 10.0. The van der Waals surface area contributed by atoms with Gasteiger partial charge in [0.1, 0.15) is 0 Å². The number of methoxy groups -OCH3 is 1. The minimum atomic E-state index is -3.08. The van der Waals surface area contributed by atoms with Crippen LogP contribution in [0.5, 0.6) is 0 Å². The van der Waals surface area contributed by atoms with Crippen molar-refractivity contribution in [3.8, 4) is 0 Å². The zero-order valence-electron chi connectivity index (χ0n) is 8.98. The topological polar surface area (TPSA) is 58.6 Å². The Morgan fingerprint density at radius 3 is 2.47 bits per heavy atom. The van der Waals surface area contributed by atoms with E-state index in [-0.39, 0.29) is 12.4 Å². The van der Waals surface area contributed by atoms with Gasteiger partial charge in [0, 0.05) is 20.2 Å². The van der Waals surface area contributed by atoms with Gasteiger partial charge in [-0.2, -0.15) is 0 Å². The molecule has 88 valence electrons. The van der Waals surface area contributed by atoms with Gasteiger partial charge in [-0.05, 0) is 24.9 Å². The summed E-state index contributed by atoms with van der Waals surface area (Å²) in [6.07, 6.45) is 0. The lowest BCUT2D eigenvalue weighted by Crippen LogP contribution is -2.34. The maximum Gasteiger partial charge on any atom is 0.216 e. The average Bonchev–Trinajstić information content (AvgIpc) is 2.73. The van der Waals surface area contributed by atoms with Gasteiger partial charge in [-0.25, -0.2) is 12.7 Å². The molecular weight excluding hydrogens is 216 g/mol. The Labute approximate surface area is 90.8 Å². The van der Waals surface area contributed by atoms with E-state index in [0.717, 1.165) is 13.1 Å². The molecule has 0 aromatic carbocycles. The minimum Gasteiger partial charge on any atom is -0.384 e. The summed E-state index contributed by atoms with van der Waals surface area (Å²) in [6, 6.07) is 0. The quantitative estimate of drug-likeness (QED) is 0.686. The lowest BCUT2D eigenvalue weighted by Gasteiger charge is -2.16. The number of sulfonamides is 1. The van der Waals surface area contributed by atoms with Gasteiger partial charge in [-0.15, -0.1) is 0 Å². The van der Waals surface area contributed by atoms with E-state index >= 15 is 0 Å². The van der Waals surface area contributed by atoms with E-state index in [1.54, 1.807) is 4.31 Å². The van der Waals surface area contributed by atoms with E-state index in [1.807, 2.05) is 0 Å². The first-order chi connectivity index (χ1) is 7.13. The molecule has 2 heterocycles. The molecule has 0 aliphatic carbocycles. The molecule has 0 spiro atoms. The van der Waals surface area contributed by atoms with Crippen LogP contribution in [0.1, 0.15) is 0 Å². The highest BCUT2D eigenvalue weighted by molar-refractivity contribution is 7.89. The van der Waals surface area contributed by atoms with E-state index in [2.05, 4.69) is 5.32 Å². The molecule has 0 bridgehead atoms. The van der Waals surface area contributed by atoms with Crippen molar-refractivity contribution in [3.05, 3.63) is 0 Å². The highest BCUT2D eigenvalue weighted by atomic mass is 32.2. The number of hydrogen-bond donors (Lipinski definition) is 1. The normalized spacial score (nSPS) is 32.1. The van der Waals surface area contributed by atoms with Crippen molar-refractivity contribution in [1.82, 2.24) is 9.62 Å².